The molecule has 3 aromatic carbocycles. The highest BCUT2D eigenvalue weighted by Crippen LogP contribution is 2.67. The summed E-state index contributed by atoms with van der Waals surface area (Å²) in [4.78, 5) is 43.7. The van der Waals surface area contributed by atoms with Crippen LogP contribution in [0.4, 0.5) is 11.5 Å². The largest absolute Gasteiger partial charge is 0.355 e. The number of carbonyl (C=O) groups excluding carboxylic acids is 2. The summed E-state index contributed by atoms with van der Waals surface area (Å²) in [6.45, 7) is 13.4. The molecule has 0 radical (unpaired) electrons. The van der Waals surface area contributed by atoms with Crippen molar-refractivity contribution in [3.05, 3.63) is 134 Å². The summed E-state index contributed by atoms with van der Waals surface area (Å²) in [6.07, 6.45) is 9.05. The van der Waals surface area contributed by atoms with Gasteiger partial charge < -0.3 is 25.0 Å². The Morgan fingerprint density at radius 2 is 1.74 bits per heavy atom. The lowest BCUT2D eigenvalue weighted by Crippen LogP contribution is -2.48. The molecule has 316 valence electrons. The number of rotatable bonds is 12. The fraction of sp³-hybridized carbons (Fsp3) is 0.380. The molecule has 5 aromatic rings. The molecule has 3 atom stereocenters. The number of pyridine rings is 1. The predicted octanol–water partition coefficient (Wildman–Crippen LogP) is 12.6. The first-order valence-corrected chi connectivity index (χ1v) is 22.9. The normalized spacial score (nSPS) is 20.1. The Hall–Kier alpha value is -4.76. The molecule has 0 bridgehead atoms. The van der Waals surface area contributed by atoms with Gasteiger partial charge in [0.05, 0.1) is 17.4 Å². The van der Waals surface area contributed by atoms with Crippen LogP contribution in [0.3, 0.4) is 0 Å². The minimum atomic E-state index is -0.337. The van der Waals surface area contributed by atoms with Crippen molar-refractivity contribution < 1.29 is 9.59 Å². The van der Waals surface area contributed by atoms with E-state index in [4.69, 9.17) is 39.8 Å². The summed E-state index contributed by atoms with van der Waals surface area (Å²) in [5, 5.41) is 5.90. The van der Waals surface area contributed by atoms with Crippen molar-refractivity contribution in [3.8, 4) is 0 Å². The van der Waals surface area contributed by atoms with Gasteiger partial charge in [-0.25, -0.2) is 4.98 Å². The molecule has 2 aromatic heterocycles. The summed E-state index contributed by atoms with van der Waals surface area (Å²) in [5.41, 5.74) is 8.89. The van der Waals surface area contributed by atoms with Crippen LogP contribution < -0.4 is 10.2 Å². The number of anilines is 2. The lowest BCUT2D eigenvalue weighted by Gasteiger charge is -2.42. The number of piperidine rings is 1. The maximum Gasteiger partial charge on any atom is 0.272 e. The van der Waals surface area contributed by atoms with Crippen molar-refractivity contribution in [2.45, 2.75) is 85.2 Å². The average Bonchev–Trinajstić information content (AvgIpc) is 3.77. The highest BCUT2D eigenvalue weighted by atomic mass is 35.5. The number of H-pyrrole nitrogens is 1. The second-order valence-electron chi connectivity index (χ2n) is 17.9. The molecule has 61 heavy (non-hydrogen) atoms. The first-order valence-electron chi connectivity index (χ1n) is 21.8. The Labute approximate surface area is 373 Å². The van der Waals surface area contributed by atoms with Crippen LogP contribution in [0, 0.1) is 17.3 Å². The number of halogens is 3. The van der Waals surface area contributed by atoms with Gasteiger partial charge in [0.25, 0.3) is 5.91 Å². The lowest BCUT2D eigenvalue weighted by atomic mass is 9.79. The van der Waals surface area contributed by atoms with E-state index in [2.05, 4.69) is 90.1 Å². The number of nitrogens with zero attached hydrogens (tertiary/aromatic N) is 4. The third kappa shape index (κ3) is 7.53. The van der Waals surface area contributed by atoms with E-state index >= 15 is 4.79 Å². The summed E-state index contributed by atoms with van der Waals surface area (Å²) in [5.74, 6) is 1.78. The average molecular weight is 876 g/mol. The number of aromatic nitrogens is 2. The van der Waals surface area contributed by atoms with E-state index in [1.807, 2.05) is 42.5 Å². The van der Waals surface area contributed by atoms with Crippen LogP contribution in [0.25, 0.3) is 22.2 Å². The molecule has 11 heteroatoms. The summed E-state index contributed by atoms with van der Waals surface area (Å²) >= 11 is 20.4. The van der Waals surface area contributed by atoms with Gasteiger partial charge in [-0.1, -0.05) is 106 Å². The number of hydrogen-bond acceptors (Lipinski definition) is 5. The van der Waals surface area contributed by atoms with Crippen LogP contribution in [-0.2, 0) is 4.79 Å². The molecular weight excluding hydrogens is 823 g/mol. The fourth-order valence-electron chi connectivity index (χ4n) is 9.96. The zero-order chi connectivity index (χ0) is 42.7. The minimum Gasteiger partial charge on any atom is -0.355 e. The first kappa shape index (κ1) is 41.6. The molecule has 8 nitrogen and oxygen atoms in total. The number of carbonyl (C=O) groups is 2. The molecule has 1 aliphatic carbocycles. The number of hydrogen-bond donors (Lipinski definition) is 2. The van der Waals surface area contributed by atoms with Gasteiger partial charge in [0, 0.05) is 81.4 Å². The zero-order valence-corrected chi connectivity index (χ0v) is 37.8. The van der Waals surface area contributed by atoms with Gasteiger partial charge >= 0.3 is 0 Å². The quantitative estimate of drug-likeness (QED) is 0.130. The van der Waals surface area contributed by atoms with Crippen molar-refractivity contribution in [1.82, 2.24) is 19.8 Å². The van der Waals surface area contributed by atoms with Crippen molar-refractivity contribution in [3.63, 3.8) is 0 Å². The number of aromatic amines is 1. The molecule has 2 fully saturated rings. The molecular formula is C50H53Cl3N6O2. The summed E-state index contributed by atoms with van der Waals surface area (Å²) in [6, 6.07) is 23.7. The Bertz CT molecular complexity index is 2590. The van der Waals surface area contributed by atoms with Crippen LogP contribution in [0.15, 0.2) is 90.8 Å². The van der Waals surface area contributed by atoms with E-state index in [0.717, 1.165) is 96.4 Å². The third-order valence-electron chi connectivity index (χ3n) is 13.7. The maximum absolute atomic E-state index is 15.0. The molecule has 3 aliphatic heterocycles. The van der Waals surface area contributed by atoms with Gasteiger partial charge in [-0.2, -0.15) is 0 Å². The van der Waals surface area contributed by atoms with Gasteiger partial charge in [0.15, 0.2) is 5.82 Å². The van der Waals surface area contributed by atoms with E-state index < -0.39 is 0 Å². The molecule has 1 saturated heterocycles. The van der Waals surface area contributed by atoms with Crippen molar-refractivity contribution in [2.75, 3.05) is 29.9 Å². The lowest BCUT2D eigenvalue weighted by molar-refractivity contribution is -0.134. The predicted molar refractivity (Wildman–Crippen MR) is 250 cm³/mol. The van der Waals surface area contributed by atoms with Crippen LogP contribution in [-0.4, -0.2) is 57.3 Å². The highest BCUT2D eigenvalue weighted by Gasteiger charge is 2.55. The highest BCUT2D eigenvalue weighted by molar-refractivity contribution is 6.35. The first-order chi connectivity index (χ1) is 29.4. The molecule has 9 rings (SSSR count). The van der Waals surface area contributed by atoms with Crippen molar-refractivity contribution in [2.24, 2.45) is 17.3 Å². The van der Waals surface area contributed by atoms with E-state index in [1.165, 1.54) is 11.1 Å². The van der Waals surface area contributed by atoms with E-state index in [9.17, 15) is 4.79 Å². The summed E-state index contributed by atoms with van der Waals surface area (Å²) < 4.78 is 0. The third-order valence-corrected chi connectivity index (χ3v) is 14.5. The molecule has 0 spiro atoms. The molecule has 2 N–H and O–H groups in total. The van der Waals surface area contributed by atoms with E-state index in [1.54, 1.807) is 12.3 Å². The number of fused-ring (bicyclic) bond motifs is 3. The van der Waals surface area contributed by atoms with Crippen LogP contribution >= 0.6 is 34.8 Å². The number of amides is 2. The van der Waals surface area contributed by atoms with Gasteiger partial charge in [-0.15, -0.1) is 0 Å². The van der Waals surface area contributed by atoms with Gasteiger partial charge in [-0.05, 0) is 108 Å². The standard InChI is InChI=1S/C50H53Cl3N6O2/c1-6-21-58(41(60)17-14-30(4)29(2)3)35-18-22-57(23-19-35)48-39(13-10-20-54-48)56-49(61)45-43-42-37(24-34(52)26-40(42)55-45)46(36-16-15-33(51)25-38(36)53)59-28-32-27-50(32,5)44(47(43)59)31-11-8-7-9-12-31/h7-13,15-16,20,24-26,28-30,35,46,55H,6,14,17-19,21-23,27H2,1-5H3,(H,56,61). The van der Waals surface area contributed by atoms with Crippen LogP contribution in [0.5, 0.6) is 0 Å². The molecule has 1 saturated carbocycles. The van der Waals surface area contributed by atoms with E-state index in [-0.39, 0.29) is 29.3 Å². The van der Waals surface area contributed by atoms with Crippen molar-refractivity contribution in [1.29, 1.82) is 0 Å². The minimum absolute atomic E-state index is 0.181. The SMILES string of the molecule is CCCN(C(=O)CCC(C)C(C)C)C1CCN(c2ncccc2NC(=O)c2[nH]c3cc(Cl)cc4c3c2C2=C(c3ccccc3)C3(C)CC3=CN2C4c2ccc(Cl)cc2Cl)CC1. The topological polar surface area (TPSA) is 84.6 Å². The monoisotopic (exact) mass is 874 g/mol. The molecule has 2 amide bonds. The Balaban J connectivity index is 1.08. The van der Waals surface area contributed by atoms with Gasteiger partial charge in [-0.3, -0.25) is 9.59 Å². The van der Waals surface area contributed by atoms with Crippen LogP contribution in [0.2, 0.25) is 15.1 Å². The number of allylic oxidation sites excluding steroid dienone is 2. The van der Waals surface area contributed by atoms with E-state index in [0.29, 0.717) is 44.7 Å². The smallest absolute Gasteiger partial charge is 0.272 e. The Kier molecular flexibility index (Phi) is 11.2. The van der Waals surface area contributed by atoms with Crippen LogP contribution in [0.1, 0.15) is 112 Å². The number of benzene rings is 3. The second-order valence-corrected chi connectivity index (χ2v) is 19.2. The molecule has 3 unspecified atom stereocenters. The molecule has 4 aliphatic rings. The zero-order valence-electron chi connectivity index (χ0n) is 35.5. The molecule has 5 heterocycles. The number of nitrogens with one attached hydrogen (secondary N) is 2. The Morgan fingerprint density at radius 1 is 0.967 bits per heavy atom. The second kappa shape index (κ2) is 16.5. The van der Waals surface area contributed by atoms with Gasteiger partial charge in [0.2, 0.25) is 5.91 Å². The fourth-order valence-corrected chi connectivity index (χ4v) is 10.7. The maximum atomic E-state index is 15.0. The Morgan fingerprint density at radius 3 is 2.46 bits per heavy atom. The van der Waals surface area contributed by atoms with Gasteiger partial charge in [0.1, 0.15) is 5.69 Å². The summed E-state index contributed by atoms with van der Waals surface area (Å²) in [7, 11) is 0. The van der Waals surface area contributed by atoms with Crippen molar-refractivity contribution >= 4 is 80.3 Å².